The summed E-state index contributed by atoms with van der Waals surface area (Å²) in [6, 6.07) is 4.98. The fraction of sp³-hybridized carbons (Fsp3) is 0.538. The number of piperazine rings is 1. The first kappa shape index (κ1) is 12.1. The Morgan fingerprint density at radius 2 is 2.12 bits per heavy atom. The Bertz CT molecular complexity index is 390. The average Bonchev–Trinajstić information content (AvgIpc) is 2.28. The van der Waals surface area contributed by atoms with Crippen LogP contribution in [0.2, 0.25) is 0 Å². The average molecular weight is 283 g/mol. The second kappa shape index (κ2) is 4.86. The second-order valence-corrected chi connectivity index (χ2v) is 5.40. The van der Waals surface area contributed by atoms with Gasteiger partial charge in [0, 0.05) is 30.1 Å². The Kier molecular flexibility index (Phi) is 3.67. The molecule has 1 unspecified atom stereocenters. The van der Waals surface area contributed by atoms with Crippen LogP contribution in [0.4, 0.5) is 0 Å². The van der Waals surface area contributed by atoms with E-state index in [0.717, 1.165) is 19.6 Å². The van der Waals surface area contributed by atoms with Crippen LogP contribution >= 0.6 is 15.9 Å². The summed E-state index contributed by atoms with van der Waals surface area (Å²) in [6.45, 7) is 7.61. The van der Waals surface area contributed by atoms with Crippen LogP contribution in [0.3, 0.4) is 0 Å². The Labute approximate surface area is 106 Å². The molecular weight excluding hydrogens is 264 g/mol. The normalized spacial score (nSPS) is 22.4. The summed E-state index contributed by atoms with van der Waals surface area (Å²) in [5.41, 5.74) is 4.13. The summed E-state index contributed by atoms with van der Waals surface area (Å²) in [5, 5.41) is 3.47. The number of benzene rings is 1. The molecule has 1 aliphatic rings. The molecule has 1 N–H and O–H groups in total. The number of aryl methyl sites for hydroxylation is 1. The van der Waals surface area contributed by atoms with Crippen molar-refractivity contribution < 1.29 is 0 Å². The molecule has 1 aliphatic heterocycles. The molecule has 16 heavy (non-hydrogen) atoms. The Morgan fingerprint density at radius 3 is 2.81 bits per heavy atom. The van der Waals surface area contributed by atoms with Gasteiger partial charge in [0.25, 0.3) is 0 Å². The highest BCUT2D eigenvalue weighted by atomic mass is 79.9. The van der Waals surface area contributed by atoms with Gasteiger partial charge in [-0.3, -0.25) is 4.90 Å². The minimum Gasteiger partial charge on any atom is -0.314 e. The molecule has 1 fully saturated rings. The molecule has 0 spiro atoms. The van der Waals surface area contributed by atoms with E-state index in [-0.39, 0.29) is 0 Å². The third kappa shape index (κ3) is 2.17. The van der Waals surface area contributed by atoms with Gasteiger partial charge in [0.15, 0.2) is 0 Å². The largest absolute Gasteiger partial charge is 0.314 e. The lowest BCUT2D eigenvalue weighted by molar-refractivity contribution is 0.201. The molecule has 88 valence electrons. The van der Waals surface area contributed by atoms with Gasteiger partial charge in [-0.15, -0.1) is 0 Å². The van der Waals surface area contributed by atoms with Crippen molar-refractivity contribution in [3.05, 3.63) is 33.3 Å². The molecule has 0 saturated carbocycles. The number of nitrogens with zero attached hydrogens (tertiary/aromatic N) is 1. The van der Waals surface area contributed by atoms with Crippen molar-refractivity contribution in [2.45, 2.75) is 19.9 Å². The fourth-order valence-electron chi connectivity index (χ4n) is 2.35. The van der Waals surface area contributed by atoms with Gasteiger partial charge in [-0.25, -0.2) is 0 Å². The van der Waals surface area contributed by atoms with Crippen LogP contribution in [0.1, 0.15) is 22.7 Å². The van der Waals surface area contributed by atoms with Gasteiger partial charge in [0.05, 0.1) is 0 Å². The van der Waals surface area contributed by atoms with Crippen LogP contribution in [0, 0.1) is 13.8 Å². The van der Waals surface area contributed by atoms with Crippen molar-refractivity contribution in [1.82, 2.24) is 10.2 Å². The van der Waals surface area contributed by atoms with E-state index in [1.807, 2.05) is 0 Å². The standard InChI is InChI=1S/C13H19BrN2/c1-9-4-5-11(10(2)13(9)14)12-8-15-6-7-16(12)3/h4-5,12,15H,6-8H2,1-3H3. The monoisotopic (exact) mass is 282 g/mol. The van der Waals surface area contributed by atoms with Crippen molar-refractivity contribution in [3.63, 3.8) is 0 Å². The predicted octanol–water partition coefficient (Wildman–Crippen LogP) is 2.64. The van der Waals surface area contributed by atoms with Gasteiger partial charge < -0.3 is 5.32 Å². The molecule has 1 heterocycles. The molecule has 0 bridgehead atoms. The van der Waals surface area contributed by atoms with Gasteiger partial charge in [-0.05, 0) is 37.6 Å². The molecular formula is C13H19BrN2. The van der Waals surface area contributed by atoms with Gasteiger partial charge in [0.2, 0.25) is 0 Å². The molecule has 1 aromatic rings. The highest BCUT2D eigenvalue weighted by molar-refractivity contribution is 9.10. The van der Waals surface area contributed by atoms with E-state index in [0.29, 0.717) is 6.04 Å². The smallest absolute Gasteiger partial charge is 0.0473 e. The van der Waals surface area contributed by atoms with Crippen LogP contribution in [-0.2, 0) is 0 Å². The Hall–Kier alpha value is -0.380. The lowest BCUT2D eigenvalue weighted by Gasteiger charge is -2.34. The zero-order valence-corrected chi connectivity index (χ0v) is 11.8. The van der Waals surface area contributed by atoms with Gasteiger partial charge in [-0.2, -0.15) is 0 Å². The van der Waals surface area contributed by atoms with E-state index in [1.54, 1.807) is 0 Å². The number of rotatable bonds is 1. The number of hydrogen-bond acceptors (Lipinski definition) is 2. The van der Waals surface area contributed by atoms with E-state index >= 15 is 0 Å². The molecule has 1 saturated heterocycles. The lowest BCUT2D eigenvalue weighted by atomic mass is 9.97. The SMILES string of the molecule is Cc1ccc(C2CNCCN2C)c(C)c1Br. The zero-order chi connectivity index (χ0) is 11.7. The maximum atomic E-state index is 3.68. The van der Waals surface area contributed by atoms with E-state index in [2.05, 4.69) is 59.2 Å². The molecule has 2 rings (SSSR count). The third-order valence-corrected chi connectivity index (χ3v) is 4.71. The maximum Gasteiger partial charge on any atom is 0.0473 e. The minimum absolute atomic E-state index is 0.505. The van der Waals surface area contributed by atoms with Gasteiger partial charge >= 0.3 is 0 Å². The number of halogens is 1. The molecule has 3 heteroatoms. The summed E-state index contributed by atoms with van der Waals surface area (Å²) >= 11 is 3.68. The van der Waals surface area contributed by atoms with Crippen LogP contribution < -0.4 is 5.32 Å². The molecule has 0 aliphatic carbocycles. The second-order valence-electron chi connectivity index (χ2n) is 4.61. The minimum atomic E-state index is 0.505. The third-order valence-electron chi connectivity index (χ3n) is 3.49. The first-order valence-electron chi connectivity index (χ1n) is 5.78. The summed E-state index contributed by atoms with van der Waals surface area (Å²) in [6.07, 6.45) is 0. The Balaban J connectivity index is 2.36. The number of likely N-dealkylation sites (N-methyl/N-ethyl adjacent to an activating group) is 1. The van der Waals surface area contributed by atoms with Crippen molar-refractivity contribution in [3.8, 4) is 0 Å². The predicted molar refractivity (Wildman–Crippen MR) is 71.9 cm³/mol. The van der Waals surface area contributed by atoms with Gasteiger partial charge in [-0.1, -0.05) is 28.1 Å². The van der Waals surface area contributed by atoms with Gasteiger partial charge in [0.1, 0.15) is 0 Å². The summed E-state index contributed by atoms with van der Waals surface area (Å²) in [5.74, 6) is 0. The summed E-state index contributed by atoms with van der Waals surface area (Å²) in [7, 11) is 2.21. The molecule has 2 nitrogen and oxygen atoms in total. The first-order valence-corrected chi connectivity index (χ1v) is 6.57. The van der Waals surface area contributed by atoms with E-state index < -0.39 is 0 Å². The quantitative estimate of drug-likeness (QED) is 0.852. The molecule has 0 aromatic heterocycles. The molecule has 1 aromatic carbocycles. The van der Waals surface area contributed by atoms with E-state index in [9.17, 15) is 0 Å². The molecule has 0 amide bonds. The van der Waals surface area contributed by atoms with E-state index in [1.165, 1.54) is 21.2 Å². The zero-order valence-electron chi connectivity index (χ0n) is 10.2. The molecule has 1 atom stereocenters. The number of nitrogens with one attached hydrogen (secondary N) is 1. The van der Waals surface area contributed by atoms with Crippen molar-refractivity contribution in [2.24, 2.45) is 0 Å². The lowest BCUT2D eigenvalue weighted by Crippen LogP contribution is -2.44. The highest BCUT2D eigenvalue weighted by Gasteiger charge is 2.22. The number of hydrogen-bond donors (Lipinski definition) is 1. The first-order chi connectivity index (χ1) is 7.61. The molecule has 0 radical (unpaired) electrons. The van der Waals surface area contributed by atoms with Crippen LogP contribution in [-0.4, -0.2) is 31.6 Å². The Morgan fingerprint density at radius 1 is 1.38 bits per heavy atom. The summed E-state index contributed by atoms with van der Waals surface area (Å²) in [4.78, 5) is 2.43. The highest BCUT2D eigenvalue weighted by Crippen LogP contribution is 2.30. The topological polar surface area (TPSA) is 15.3 Å². The van der Waals surface area contributed by atoms with Crippen molar-refractivity contribution >= 4 is 15.9 Å². The fourth-order valence-corrected chi connectivity index (χ4v) is 2.71. The van der Waals surface area contributed by atoms with Crippen LogP contribution in [0.5, 0.6) is 0 Å². The van der Waals surface area contributed by atoms with Crippen LogP contribution in [0.15, 0.2) is 16.6 Å². The van der Waals surface area contributed by atoms with Crippen molar-refractivity contribution in [1.29, 1.82) is 0 Å². The van der Waals surface area contributed by atoms with E-state index in [4.69, 9.17) is 0 Å². The maximum absolute atomic E-state index is 3.68. The van der Waals surface area contributed by atoms with Crippen molar-refractivity contribution in [2.75, 3.05) is 26.7 Å². The summed E-state index contributed by atoms with van der Waals surface area (Å²) < 4.78 is 1.25. The van der Waals surface area contributed by atoms with Crippen LogP contribution in [0.25, 0.3) is 0 Å².